The van der Waals surface area contributed by atoms with E-state index < -0.39 is 12.0 Å². The fourth-order valence-electron chi connectivity index (χ4n) is 3.59. The molecule has 0 unspecified atom stereocenters. The van der Waals surface area contributed by atoms with Crippen LogP contribution in [0.2, 0.25) is 5.02 Å². The number of carbonyl (C=O) groups is 2. The molecule has 3 aromatic rings. The third-order valence-electron chi connectivity index (χ3n) is 5.57. The number of pyridine rings is 1. The predicted molar refractivity (Wildman–Crippen MR) is 125 cm³/mol. The number of rotatable bonds is 7. The summed E-state index contributed by atoms with van der Waals surface area (Å²) in [5, 5.41) is 0.0613. The first-order valence-corrected chi connectivity index (χ1v) is 11.1. The van der Waals surface area contributed by atoms with E-state index >= 15 is 0 Å². The number of amides is 2. The van der Waals surface area contributed by atoms with Gasteiger partial charge in [0.15, 0.2) is 0 Å². The molecule has 0 saturated carbocycles. The molecule has 2 heterocycles. The van der Waals surface area contributed by atoms with E-state index in [4.69, 9.17) is 16.3 Å². The lowest BCUT2D eigenvalue weighted by Crippen LogP contribution is -2.36. The number of nitrogens with zero attached hydrogens (tertiary/aromatic N) is 2. The first-order valence-electron chi connectivity index (χ1n) is 10.7. The average Bonchev–Trinajstić information content (AvgIpc) is 3.09. The molecule has 1 aliphatic heterocycles. The van der Waals surface area contributed by atoms with Crippen molar-refractivity contribution in [2.45, 2.75) is 32.2 Å². The summed E-state index contributed by atoms with van der Waals surface area (Å²) in [6.07, 6.45) is 4.71. The molecule has 5 nitrogen and oxygen atoms in total. The maximum Gasteiger partial charge on any atom is 0.273 e. The van der Waals surface area contributed by atoms with Gasteiger partial charge in [-0.2, -0.15) is 0 Å². The summed E-state index contributed by atoms with van der Waals surface area (Å²) >= 11 is 6.12. The lowest BCUT2D eigenvalue weighted by atomic mass is 10.1. The number of imide groups is 1. The van der Waals surface area contributed by atoms with Crippen molar-refractivity contribution < 1.29 is 23.1 Å². The zero-order valence-electron chi connectivity index (χ0n) is 18.5. The highest BCUT2D eigenvalue weighted by molar-refractivity contribution is 6.32. The van der Waals surface area contributed by atoms with E-state index in [1.165, 1.54) is 30.0 Å². The number of aromatic nitrogens is 1. The molecule has 0 aliphatic carbocycles. The Morgan fingerprint density at radius 1 is 1.09 bits per heavy atom. The van der Waals surface area contributed by atoms with Crippen LogP contribution in [0.1, 0.15) is 52.1 Å². The normalized spacial score (nSPS) is 14.6. The highest BCUT2D eigenvalue weighted by atomic mass is 35.5. The van der Waals surface area contributed by atoms with E-state index in [-0.39, 0.29) is 40.5 Å². The molecule has 0 spiro atoms. The number of halogens is 3. The molecule has 174 valence electrons. The summed E-state index contributed by atoms with van der Waals surface area (Å²) in [5.74, 6) is -3.15. The predicted octanol–water partition coefficient (Wildman–Crippen LogP) is 6.73. The van der Waals surface area contributed by atoms with Crippen LogP contribution in [0.4, 0.5) is 8.78 Å². The molecule has 2 amide bonds. The first kappa shape index (κ1) is 23.6. The van der Waals surface area contributed by atoms with Gasteiger partial charge in [0, 0.05) is 24.2 Å². The van der Waals surface area contributed by atoms with E-state index in [0.717, 1.165) is 5.56 Å². The van der Waals surface area contributed by atoms with E-state index in [2.05, 4.69) is 4.98 Å². The van der Waals surface area contributed by atoms with E-state index in [1.54, 1.807) is 61.7 Å². The van der Waals surface area contributed by atoms with Crippen molar-refractivity contribution in [2.24, 2.45) is 0 Å². The van der Waals surface area contributed by atoms with Crippen LogP contribution in [0.25, 0.3) is 6.08 Å². The number of ether oxygens (including phenoxy) is 1. The van der Waals surface area contributed by atoms with Crippen LogP contribution in [-0.2, 0) is 5.92 Å². The van der Waals surface area contributed by atoms with Crippen molar-refractivity contribution in [3.05, 3.63) is 94.1 Å². The lowest BCUT2D eigenvalue weighted by molar-refractivity contribution is -0.00831. The molecule has 1 aliphatic rings. The van der Waals surface area contributed by atoms with Gasteiger partial charge in [0.1, 0.15) is 5.75 Å². The van der Waals surface area contributed by atoms with Crippen molar-refractivity contribution >= 4 is 29.5 Å². The Morgan fingerprint density at radius 3 is 2.32 bits per heavy atom. The van der Waals surface area contributed by atoms with Crippen LogP contribution in [0.3, 0.4) is 0 Å². The highest BCUT2D eigenvalue weighted by Crippen LogP contribution is 2.37. The SMILES string of the molecule is CCC(F)(F)c1ccc(Oc2ccc(C=C[C@H](C)N3C(=O)c4ccccc4C3=O)cn2)c(Cl)c1. The van der Waals surface area contributed by atoms with Crippen LogP contribution in [0.15, 0.2) is 66.9 Å². The Morgan fingerprint density at radius 2 is 1.76 bits per heavy atom. The molecule has 34 heavy (non-hydrogen) atoms. The Kier molecular flexibility index (Phi) is 6.48. The van der Waals surface area contributed by atoms with Crippen LogP contribution in [0.5, 0.6) is 11.6 Å². The van der Waals surface area contributed by atoms with Gasteiger partial charge in [0.05, 0.1) is 22.2 Å². The van der Waals surface area contributed by atoms with Gasteiger partial charge in [0.2, 0.25) is 5.88 Å². The van der Waals surface area contributed by atoms with Gasteiger partial charge in [-0.25, -0.2) is 13.8 Å². The van der Waals surface area contributed by atoms with Crippen molar-refractivity contribution in [3.63, 3.8) is 0 Å². The molecule has 1 atom stereocenters. The molecule has 0 radical (unpaired) electrons. The summed E-state index contributed by atoms with van der Waals surface area (Å²) in [5.41, 5.74) is 1.36. The molecular weight excluding hydrogens is 462 g/mol. The van der Waals surface area contributed by atoms with Crippen LogP contribution in [-0.4, -0.2) is 27.7 Å². The summed E-state index contributed by atoms with van der Waals surface area (Å²) in [6, 6.07) is 13.5. The molecule has 0 N–H and O–H groups in total. The number of alkyl halides is 2. The monoisotopic (exact) mass is 482 g/mol. The third-order valence-corrected chi connectivity index (χ3v) is 5.87. The summed E-state index contributed by atoms with van der Waals surface area (Å²) in [7, 11) is 0. The quantitative estimate of drug-likeness (QED) is 0.350. The van der Waals surface area contributed by atoms with Gasteiger partial charge in [-0.1, -0.05) is 42.8 Å². The van der Waals surface area contributed by atoms with Gasteiger partial charge in [0.25, 0.3) is 17.7 Å². The van der Waals surface area contributed by atoms with Gasteiger partial charge in [-0.15, -0.1) is 0 Å². The Labute approximate surface area is 200 Å². The average molecular weight is 483 g/mol. The maximum absolute atomic E-state index is 13.8. The number of carbonyl (C=O) groups excluding carboxylic acids is 2. The molecule has 8 heteroatoms. The van der Waals surface area contributed by atoms with Gasteiger partial charge in [-0.3, -0.25) is 14.5 Å². The summed E-state index contributed by atoms with van der Waals surface area (Å²) in [4.78, 5) is 30.6. The second-order valence-corrected chi connectivity index (χ2v) is 8.27. The number of benzene rings is 2. The summed E-state index contributed by atoms with van der Waals surface area (Å²) in [6.45, 7) is 3.16. The third kappa shape index (κ3) is 4.56. The van der Waals surface area contributed by atoms with Crippen molar-refractivity contribution in [2.75, 3.05) is 0 Å². The highest BCUT2D eigenvalue weighted by Gasteiger charge is 2.37. The number of fused-ring (bicyclic) bond motifs is 1. The Bertz CT molecular complexity index is 1240. The van der Waals surface area contributed by atoms with Crippen LogP contribution >= 0.6 is 11.6 Å². The molecule has 2 aromatic carbocycles. The molecule has 0 bridgehead atoms. The molecule has 0 fully saturated rings. The smallest absolute Gasteiger partial charge is 0.273 e. The zero-order valence-corrected chi connectivity index (χ0v) is 19.2. The van der Waals surface area contributed by atoms with Gasteiger partial charge in [-0.05, 0) is 48.9 Å². The number of hydrogen-bond acceptors (Lipinski definition) is 4. The van der Waals surface area contributed by atoms with E-state index in [0.29, 0.717) is 11.1 Å². The van der Waals surface area contributed by atoms with Gasteiger partial charge >= 0.3 is 0 Å². The molecule has 1 aromatic heterocycles. The standard InChI is InChI=1S/C26H21ClF2N2O3/c1-3-26(28,29)18-11-12-22(21(27)14-18)34-23-13-10-17(15-30-23)9-8-16(2)31-24(32)19-6-4-5-7-20(19)25(31)33/h4-16H,3H2,1-2H3/t16-/m0/s1. The Balaban J connectivity index is 1.43. The topological polar surface area (TPSA) is 59.5 Å². The first-order chi connectivity index (χ1) is 16.2. The number of hydrogen-bond donors (Lipinski definition) is 0. The van der Waals surface area contributed by atoms with Crippen LogP contribution < -0.4 is 4.74 Å². The van der Waals surface area contributed by atoms with Crippen molar-refractivity contribution in [1.29, 1.82) is 0 Å². The Hall–Kier alpha value is -3.58. The second kappa shape index (κ2) is 9.35. The second-order valence-electron chi connectivity index (χ2n) is 7.86. The minimum Gasteiger partial charge on any atom is -0.437 e. The molecular formula is C26H21ClF2N2O3. The lowest BCUT2D eigenvalue weighted by Gasteiger charge is -2.19. The van der Waals surface area contributed by atoms with Crippen molar-refractivity contribution in [3.8, 4) is 11.6 Å². The van der Waals surface area contributed by atoms with Crippen LogP contribution in [0, 0.1) is 0 Å². The minimum atomic E-state index is -2.96. The maximum atomic E-state index is 13.8. The van der Waals surface area contributed by atoms with Crippen molar-refractivity contribution in [1.82, 2.24) is 9.88 Å². The summed E-state index contributed by atoms with van der Waals surface area (Å²) < 4.78 is 33.3. The molecule has 4 rings (SSSR count). The van der Waals surface area contributed by atoms with E-state index in [1.807, 2.05) is 0 Å². The largest absolute Gasteiger partial charge is 0.437 e. The minimum absolute atomic E-state index is 0.0613. The van der Waals surface area contributed by atoms with Gasteiger partial charge < -0.3 is 4.74 Å². The molecule has 0 saturated heterocycles. The fourth-order valence-corrected chi connectivity index (χ4v) is 3.81. The fraction of sp³-hybridized carbons (Fsp3) is 0.192. The zero-order chi connectivity index (χ0) is 24.5. The van der Waals surface area contributed by atoms with E-state index in [9.17, 15) is 18.4 Å².